The Labute approximate surface area is 194 Å². The first kappa shape index (κ1) is 23.9. The third kappa shape index (κ3) is 7.44. The van der Waals surface area contributed by atoms with Crippen LogP contribution in [0, 0.1) is 6.92 Å². The van der Waals surface area contributed by atoms with Crippen molar-refractivity contribution < 1.29 is 9.15 Å². The largest absolute Gasteiger partial charge is 0.465 e. The second-order valence-corrected chi connectivity index (χ2v) is 7.12. The Kier molecular flexibility index (Phi) is 10.2. The van der Waals surface area contributed by atoms with Gasteiger partial charge in [-0.1, -0.05) is 17.7 Å². The Balaban J connectivity index is 0.00000300. The number of halogens is 2. The number of nitrogens with one attached hydrogen (secondary N) is 2. The first-order valence-electron chi connectivity index (χ1n) is 9.59. The molecule has 0 radical (unpaired) electrons. The Hall–Kier alpha value is -1.36. The van der Waals surface area contributed by atoms with Gasteiger partial charge in [0.2, 0.25) is 0 Å². The van der Waals surface area contributed by atoms with Crippen molar-refractivity contribution in [3.63, 3.8) is 0 Å². The number of aliphatic imine (C=N–C) groups is 1. The second kappa shape index (κ2) is 12.4. The van der Waals surface area contributed by atoms with Crippen LogP contribution >= 0.6 is 35.6 Å². The Morgan fingerprint density at radius 2 is 2.03 bits per heavy atom. The van der Waals surface area contributed by atoms with Crippen molar-refractivity contribution in [2.24, 2.45) is 4.99 Å². The van der Waals surface area contributed by atoms with Crippen molar-refractivity contribution in [2.45, 2.75) is 19.4 Å². The molecule has 2 N–H and O–H groups in total. The summed E-state index contributed by atoms with van der Waals surface area (Å²) in [5.41, 5.74) is 1.13. The molecular formula is C20H29ClIN5O2. The number of pyridine rings is 1. The molecule has 1 aliphatic heterocycles. The Morgan fingerprint density at radius 3 is 2.66 bits per heavy atom. The third-order valence-corrected chi connectivity index (χ3v) is 4.98. The fourth-order valence-corrected chi connectivity index (χ4v) is 3.34. The predicted octanol–water partition coefficient (Wildman–Crippen LogP) is 3.04. The number of nitrogens with zero attached hydrogens (tertiary/aromatic N) is 3. The van der Waals surface area contributed by atoms with Crippen LogP contribution in [0.4, 0.5) is 0 Å². The molecule has 2 aromatic heterocycles. The molecule has 2 aromatic rings. The van der Waals surface area contributed by atoms with Gasteiger partial charge >= 0.3 is 0 Å². The number of morpholine rings is 1. The Bertz CT molecular complexity index is 762. The van der Waals surface area contributed by atoms with Gasteiger partial charge in [0.1, 0.15) is 16.7 Å². The van der Waals surface area contributed by atoms with Gasteiger partial charge in [-0.15, -0.1) is 24.0 Å². The number of guanidine groups is 1. The molecule has 0 spiro atoms. The fraction of sp³-hybridized carbons (Fsp3) is 0.500. The molecule has 3 rings (SSSR count). The summed E-state index contributed by atoms with van der Waals surface area (Å²) in [5, 5.41) is 7.29. The van der Waals surface area contributed by atoms with E-state index in [1.54, 1.807) is 13.2 Å². The maximum atomic E-state index is 5.91. The van der Waals surface area contributed by atoms with Gasteiger partial charge in [-0.05, 0) is 37.1 Å². The number of hydrogen-bond acceptors (Lipinski definition) is 5. The van der Waals surface area contributed by atoms with E-state index in [0.717, 1.165) is 62.3 Å². The van der Waals surface area contributed by atoms with E-state index in [4.69, 9.17) is 20.8 Å². The molecule has 29 heavy (non-hydrogen) atoms. The van der Waals surface area contributed by atoms with Gasteiger partial charge in [0.25, 0.3) is 0 Å². The molecule has 0 bridgehead atoms. The van der Waals surface area contributed by atoms with Crippen LogP contribution < -0.4 is 10.6 Å². The van der Waals surface area contributed by atoms with Crippen LogP contribution in [0.2, 0.25) is 5.15 Å². The average Bonchev–Trinajstić information content (AvgIpc) is 3.15. The molecule has 0 aromatic carbocycles. The average molecular weight is 534 g/mol. The van der Waals surface area contributed by atoms with Gasteiger partial charge in [0.15, 0.2) is 5.96 Å². The molecule has 3 heterocycles. The van der Waals surface area contributed by atoms with Crippen molar-refractivity contribution in [3.8, 4) is 0 Å². The van der Waals surface area contributed by atoms with E-state index in [9.17, 15) is 0 Å². The number of hydrogen-bond donors (Lipinski definition) is 2. The van der Waals surface area contributed by atoms with E-state index in [2.05, 4.69) is 31.6 Å². The highest BCUT2D eigenvalue weighted by molar-refractivity contribution is 14.0. The van der Waals surface area contributed by atoms with E-state index in [1.165, 1.54) is 0 Å². The summed E-state index contributed by atoms with van der Waals surface area (Å²) in [6.45, 7) is 6.71. The van der Waals surface area contributed by atoms with Crippen LogP contribution in [-0.2, 0) is 11.2 Å². The number of aromatic nitrogens is 1. The summed E-state index contributed by atoms with van der Waals surface area (Å²) in [5.74, 6) is 2.66. The van der Waals surface area contributed by atoms with Crippen LogP contribution in [0.1, 0.15) is 23.1 Å². The highest BCUT2D eigenvalue weighted by Crippen LogP contribution is 2.23. The van der Waals surface area contributed by atoms with Crippen LogP contribution in [0.15, 0.2) is 39.9 Å². The smallest absolute Gasteiger partial charge is 0.191 e. The lowest BCUT2D eigenvalue weighted by Crippen LogP contribution is -2.46. The molecule has 0 aliphatic carbocycles. The molecule has 1 atom stereocenters. The predicted molar refractivity (Wildman–Crippen MR) is 126 cm³/mol. The molecule has 9 heteroatoms. The summed E-state index contributed by atoms with van der Waals surface area (Å²) >= 11 is 5.83. The molecule has 0 saturated carbocycles. The quantitative estimate of drug-likeness (QED) is 0.247. The lowest BCUT2D eigenvalue weighted by atomic mass is 10.1. The monoisotopic (exact) mass is 533 g/mol. The van der Waals surface area contributed by atoms with Crippen molar-refractivity contribution >= 4 is 41.5 Å². The van der Waals surface area contributed by atoms with Crippen molar-refractivity contribution in [1.29, 1.82) is 0 Å². The zero-order valence-electron chi connectivity index (χ0n) is 16.9. The van der Waals surface area contributed by atoms with Crippen LogP contribution in [0.25, 0.3) is 0 Å². The molecule has 1 aliphatic rings. The molecule has 1 fully saturated rings. The van der Waals surface area contributed by atoms with Gasteiger partial charge < -0.3 is 19.8 Å². The van der Waals surface area contributed by atoms with Crippen molar-refractivity contribution in [3.05, 3.63) is 52.7 Å². The first-order chi connectivity index (χ1) is 13.7. The van der Waals surface area contributed by atoms with E-state index >= 15 is 0 Å². The lowest BCUT2D eigenvalue weighted by molar-refractivity contribution is 0.0124. The SMILES string of the molecule is CN=C(NCCc1ccc(Cl)nc1)NCC(c1ccc(C)o1)N1CCOCC1.I. The zero-order chi connectivity index (χ0) is 19.8. The number of rotatable bonds is 7. The fourth-order valence-electron chi connectivity index (χ4n) is 3.22. The highest BCUT2D eigenvalue weighted by atomic mass is 127. The minimum Gasteiger partial charge on any atom is -0.465 e. The van der Waals surface area contributed by atoms with E-state index in [-0.39, 0.29) is 30.0 Å². The van der Waals surface area contributed by atoms with E-state index in [0.29, 0.717) is 11.7 Å². The lowest BCUT2D eigenvalue weighted by Gasteiger charge is -2.33. The molecule has 1 unspecified atom stereocenters. The van der Waals surface area contributed by atoms with E-state index in [1.807, 2.05) is 25.1 Å². The molecule has 0 amide bonds. The van der Waals surface area contributed by atoms with Gasteiger partial charge in [-0.25, -0.2) is 4.98 Å². The summed E-state index contributed by atoms with van der Waals surface area (Å²) in [6.07, 6.45) is 2.64. The molecule has 1 saturated heterocycles. The van der Waals surface area contributed by atoms with Gasteiger partial charge in [-0.2, -0.15) is 0 Å². The molecule has 160 valence electrons. The van der Waals surface area contributed by atoms with Crippen molar-refractivity contribution in [2.75, 3.05) is 46.4 Å². The van der Waals surface area contributed by atoms with Gasteiger partial charge in [0, 0.05) is 39.4 Å². The first-order valence-corrected chi connectivity index (χ1v) is 9.96. The zero-order valence-corrected chi connectivity index (χ0v) is 19.9. The van der Waals surface area contributed by atoms with Gasteiger partial charge in [0.05, 0.1) is 19.3 Å². The number of aryl methyl sites for hydroxylation is 1. The van der Waals surface area contributed by atoms with Gasteiger partial charge in [-0.3, -0.25) is 9.89 Å². The number of furan rings is 1. The van der Waals surface area contributed by atoms with Crippen LogP contribution in [-0.4, -0.2) is 62.3 Å². The van der Waals surface area contributed by atoms with Crippen LogP contribution in [0.5, 0.6) is 0 Å². The molecule has 7 nitrogen and oxygen atoms in total. The maximum absolute atomic E-state index is 5.91. The summed E-state index contributed by atoms with van der Waals surface area (Å²) in [6, 6.07) is 8.00. The summed E-state index contributed by atoms with van der Waals surface area (Å²) in [4.78, 5) is 10.8. The third-order valence-electron chi connectivity index (χ3n) is 4.76. The van der Waals surface area contributed by atoms with Crippen LogP contribution in [0.3, 0.4) is 0 Å². The second-order valence-electron chi connectivity index (χ2n) is 6.73. The highest BCUT2D eigenvalue weighted by Gasteiger charge is 2.25. The summed E-state index contributed by atoms with van der Waals surface area (Å²) < 4.78 is 11.4. The number of ether oxygens (including phenoxy) is 1. The Morgan fingerprint density at radius 1 is 1.24 bits per heavy atom. The normalized spacial score (nSPS) is 16.2. The standard InChI is InChI=1S/C20H28ClN5O2.HI/c1-15-3-5-18(28-15)17(26-9-11-27-12-10-26)14-25-20(22-2)23-8-7-16-4-6-19(21)24-13-16;/h3-6,13,17H,7-12,14H2,1-2H3,(H2,22,23,25);1H. The minimum atomic E-state index is 0. The minimum absolute atomic E-state index is 0. The molecular weight excluding hydrogens is 505 g/mol. The maximum Gasteiger partial charge on any atom is 0.191 e. The van der Waals surface area contributed by atoms with E-state index < -0.39 is 0 Å². The van der Waals surface area contributed by atoms with Crippen molar-refractivity contribution in [1.82, 2.24) is 20.5 Å². The topological polar surface area (TPSA) is 74.9 Å². The summed E-state index contributed by atoms with van der Waals surface area (Å²) in [7, 11) is 1.78.